The van der Waals surface area contributed by atoms with Gasteiger partial charge >= 0.3 is 0 Å². The van der Waals surface area contributed by atoms with E-state index in [1.165, 1.54) is 0 Å². The molecule has 0 unspecified atom stereocenters. The van der Waals surface area contributed by atoms with Gasteiger partial charge < -0.3 is 11.1 Å². The average Bonchev–Trinajstić information content (AvgIpc) is 2.29. The summed E-state index contributed by atoms with van der Waals surface area (Å²) in [6.45, 7) is 9.59. The van der Waals surface area contributed by atoms with Crippen LogP contribution < -0.4 is 11.1 Å². The van der Waals surface area contributed by atoms with Crippen LogP contribution in [0.1, 0.15) is 52.9 Å². The van der Waals surface area contributed by atoms with Gasteiger partial charge in [0.2, 0.25) is 5.91 Å². The topological polar surface area (TPSA) is 58.4 Å². The van der Waals surface area contributed by atoms with Crippen LogP contribution in [-0.2, 0) is 4.79 Å². The minimum absolute atomic E-state index is 0.192. The fourth-order valence-electron chi connectivity index (χ4n) is 2.42. The molecule has 0 saturated carbocycles. The van der Waals surface area contributed by atoms with E-state index in [1.807, 2.05) is 0 Å². The van der Waals surface area contributed by atoms with E-state index >= 15 is 0 Å². The Bertz CT molecular complexity index is 252. The lowest BCUT2D eigenvalue weighted by molar-refractivity contribution is -0.122. The highest BCUT2D eigenvalue weighted by Crippen LogP contribution is 2.20. The zero-order valence-electron chi connectivity index (χ0n) is 12.2. The summed E-state index contributed by atoms with van der Waals surface area (Å²) in [6.07, 6.45) is 4.61. The van der Waals surface area contributed by atoms with Gasteiger partial charge in [-0.15, -0.1) is 0 Å². The first-order valence-corrected chi connectivity index (χ1v) is 7.18. The third kappa shape index (κ3) is 5.36. The quantitative estimate of drug-likeness (QED) is 0.732. The molecule has 0 aromatic carbocycles. The second kappa shape index (κ2) is 7.10. The number of unbranched alkanes of at least 4 members (excludes halogenated alkanes) is 1. The van der Waals surface area contributed by atoms with Crippen molar-refractivity contribution in [3.8, 4) is 0 Å². The van der Waals surface area contributed by atoms with Crippen LogP contribution in [0.25, 0.3) is 0 Å². The molecule has 18 heavy (non-hydrogen) atoms. The minimum atomic E-state index is 0.192. The van der Waals surface area contributed by atoms with Crippen molar-refractivity contribution < 1.29 is 4.79 Å². The van der Waals surface area contributed by atoms with Crippen molar-refractivity contribution >= 4 is 5.91 Å². The predicted molar refractivity (Wildman–Crippen MR) is 75.4 cm³/mol. The highest BCUT2D eigenvalue weighted by molar-refractivity contribution is 5.76. The van der Waals surface area contributed by atoms with Gasteiger partial charge in [-0.1, -0.05) is 0 Å². The molecule has 1 aliphatic rings. The van der Waals surface area contributed by atoms with Gasteiger partial charge in [-0.05, 0) is 53.0 Å². The van der Waals surface area contributed by atoms with Gasteiger partial charge in [0.25, 0.3) is 0 Å². The SMILES string of the molecule is CC(C)(C)N1CCC(NC(=O)CCCCN)CC1. The van der Waals surface area contributed by atoms with Crippen molar-refractivity contribution in [3.05, 3.63) is 0 Å². The third-order valence-electron chi connectivity index (χ3n) is 3.67. The molecule has 1 heterocycles. The molecule has 0 spiro atoms. The van der Waals surface area contributed by atoms with Crippen LogP contribution >= 0.6 is 0 Å². The van der Waals surface area contributed by atoms with Crippen LogP contribution in [0.3, 0.4) is 0 Å². The van der Waals surface area contributed by atoms with Crippen molar-refractivity contribution in [2.45, 2.75) is 64.5 Å². The Morgan fingerprint density at radius 2 is 1.89 bits per heavy atom. The summed E-state index contributed by atoms with van der Waals surface area (Å²) in [6, 6.07) is 0.369. The standard InChI is InChI=1S/C14H29N3O/c1-14(2,3)17-10-7-12(8-11-17)16-13(18)6-4-5-9-15/h12H,4-11,15H2,1-3H3,(H,16,18). The van der Waals surface area contributed by atoms with E-state index in [-0.39, 0.29) is 11.4 Å². The maximum absolute atomic E-state index is 11.7. The summed E-state index contributed by atoms with van der Waals surface area (Å²) in [5.41, 5.74) is 5.66. The van der Waals surface area contributed by atoms with E-state index in [2.05, 4.69) is 31.0 Å². The van der Waals surface area contributed by atoms with Crippen molar-refractivity contribution in [1.82, 2.24) is 10.2 Å². The lowest BCUT2D eigenvalue weighted by Crippen LogP contribution is -2.50. The Balaban J connectivity index is 2.21. The van der Waals surface area contributed by atoms with Gasteiger partial charge in [-0.2, -0.15) is 0 Å². The molecule has 1 rings (SSSR count). The number of nitrogens with two attached hydrogens (primary N) is 1. The zero-order chi connectivity index (χ0) is 13.6. The second-order valence-electron chi connectivity index (χ2n) is 6.25. The molecule has 1 aliphatic heterocycles. The fraction of sp³-hybridized carbons (Fsp3) is 0.929. The molecule has 0 aliphatic carbocycles. The van der Waals surface area contributed by atoms with Crippen LogP contribution in [0.4, 0.5) is 0 Å². The molecule has 4 nitrogen and oxygen atoms in total. The van der Waals surface area contributed by atoms with Crippen LogP contribution in [0, 0.1) is 0 Å². The van der Waals surface area contributed by atoms with Gasteiger partial charge in [0.05, 0.1) is 0 Å². The maximum atomic E-state index is 11.7. The number of hydrogen-bond acceptors (Lipinski definition) is 3. The molecule has 106 valence electrons. The zero-order valence-corrected chi connectivity index (χ0v) is 12.2. The van der Waals surface area contributed by atoms with Crippen molar-refractivity contribution in [2.75, 3.05) is 19.6 Å². The lowest BCUT2D eigenvalue weighted by atomic mass is 9.98. The molecule has 3 N–H and O–H groups in total. The van der Waals surface area contributed by atoms with E-state index in [9.17, 15) is 4.79 Å². The van der Waals surface area contributed by atoms with E-state index in [0.717, 1.165) is 38.8 Å². The number of piperidine rings is 1. The Labute approximate surface area is 111 Å². The van der Waals surface area contributed by atoms with Crippen LogP contribution in [-0.4, -0.2) is 42.0 Å². The summed E-state index contributed by atoms with van der Waals surface area (Å²) < 4.78 is 0. The number of carbonyl (C=O) groups is 1. The monoisotopic (exact) mass is 255 g/mol. The Hall–Kier alpha value is -0.610. The minimum Gasteiger partial charge on any atom is -0.353 e. The van der Waals surface area contributed by atoms with Gasteiger partial charge in [0, 0.05) is 31.1 Å². The number of nitrogens with zero attached hydrogens (tertiary/aromatic N) is 1. The van der Waals surface area contributed by atoms with Gasteiger partial charge in [0.1, 0.15) is 0 Å². The third-order valence-corrected chi connectivity index (χ3v) is 3.67. The molecule has 0 aromatic rings. The smallest absolute Gasteiger partial charge is 0.220 e. The van der Waals surface area contributed by atoms with E-state index in [1.54, 1.807) is 0 Å². The molecular formula is C14H29N3O. The maximum Gasteiger partial charge on any atom is 0.220 e. The molecule has 0 bridgehead atoms. The van der Waals surface area contributed by atoms with Crippen molar-refractivity contribution in [3.63, 3.8) is 0 Å². The molecular weight excluding hydrogens is 226 g/mol. The molecule has 1 saturated heterocycles. The number of hydrogen-bond donors (Lipinski definition) is 2. The first kappa shape index (κ1) is 15.4. The first-order chi connectivity index (χ1) is 8.43. The predicted octanol–water partition coefficient (Wildman–Crippen LogP) is 1.49. The van der Waals surface area contributed by atoms with Gasteiger partial charge in [-0.25, -0.2) is 0 Å². The molecule has 1 amide bonds. The molecule has 4 heteroatoms. The summed E-state index contributed by atoms with van der Waals surface area (Å²) in [7, 11) is 0. The average molecular weight is 255 g/mol. The normalized spacial score (nSPS) is 18.9. The van der Waals surface area contributed by atoms with E-state index in [4.69, 9.17) is 5.73 Å². The molecule has 1 fully saturated rings. The van der Waals surface area contributed by atoms with Crippen LogP contribution in [0.5, 0.6) is 0 Å². The van der Waals surface area contributed by atoms with E-state index < -0.39 is 0 Å². The number of rotatable bonds is 5. The summed E-state index contributed by atoms with van der Waals surface area (Å²) >= 11 is 0. The fourth-order valence-corrected chi connectivity index (χ4v) is 2.42. The Morgan fingerprint density at radius 1 is 1.28 bits per heavy atom. The van der Waals surface area contributed by atoms with Crippen molar-refractivity contribution in [1.29, 1.82) is 0 Å². The van der Waals surface area contributed by atoms with Gasteiger partial charge in [-0.3, -0.25) is 9.69 Å². The Morgan fingerprint density at radius 3 is 2.39 bits per heavy atom. The highest BCUT2D eigenvalue weighted by atomic mass is 16.1. The molecule has 0 aromatic heterocycles. The number of likely N-dealkylation sites (tertiary alicyclic amines) is 1. The first-order valence-electron chi connectivity index (χ1n) is 7.18. The number of nitrogens with one attached hydrogen (secondary N) is 1. The number of carbonyl (C=O) groups excluding carboxylic acids is 1. The highest BCUT2D eigenvalue weighted by Gasteiger charge is 2.27. The van der Waals surface area contributed by atoms with Crippen molar-refractivity contribution in [2.24, 2.45) is 5.73 Å². The van der Waals surface area contributed by atoms with Gasteiger partial charge in [0.15, 0.2) is 0 Å². The largest absolute Gasteiger partial charge is 0.353 e. The molecule has 0 radical (unpaired) electrons. The van der Waals surface area contributed by atoms with E-state index in [0.29, 0.717) is 19.0 Å². The lowest BCUT2D eigenvalue weighted by Gasteiger charge is -2.41. The van der Waals surface area contributed by atoms with Crippen LogP contribution in [0.2, 0.25) is 0 Å². The Kier molecular flexibility index (Phi) is 6.09. The summed E-state index contributed by atoms with van der Waals surface area (Å²) in [4.78, 5) is 14.2. The summed E-state index contributed by atoms with van der Waals surface area (Å²) in [5.74, 6) is 0.192. The summed E-state index contributed by atoms with van der Waals surface area (Å²) in [5, 5.41) is 3.14. The number of amides is 1. The molecule has 0 atom stereocenters. The second-order valence-corrected chi connectivity index (χ2v) is 6.25. The van der Waals surface area contributed by atoms with Crippen LogP contribution in [0.15, 0.2) is 0 Å².